The maximum Gasteiger partial charge on any atom is 0.337 e. The van der Waals surface area contributed by atoms with Crippen LogP contribution in [0.4, 0.5) is 11.4 Å². The summed E-state index contributed by atoms with van der Waals surface area (Å²) in [6.45, 7) is 5.93. The van der Waals surface area contributed by atoms with Gasteiger partial charge in [-0.25, -0.2) is 4.79 Å². The molecule has 0 amide bonds. The molecule has 0 aliphatic carbocycles. The van der Waals surface area contributed by atoms with Gasteiger partial charge in [0.05, 0.1) is 30.0 Å². The fourth-order valence-corrected chi connectivity index (χ4v) is 2.27. The fourth-order valence-electron chi connectivity index (χ4n) is 2.27. The highest BCUT2D eigenvalue weighted by Gasteiger charge is 2.32. The first-order valence-corrected chi connectivity index (χ1v) is 5.90. The maximum atomic E-state index is 11.3. The normalized spacial score (nSPS) is 18.7. The molecule has 1 aliphatic heterocycles. The van der Waals surface area contributed by atoms with E-state index < -0.39 is 5.97 Å². The Kier molecular flexibility index (Phi) is 3.17. The summed E-state index contributed by atoms with van der Waals surface area (Å²) < 4.78 is 5.45. The van der Waals surface area contributed by atoms with Crippen LogP contribution in [0.25, 0.3) is 0 Å². The van der Waals surface area contributed by atoms with Gasteiger partial charge in [-0.1, -0.05) is 0 Å². The van der Waals surface area contributed by atoms with Crippen molar-refractivity contribution in [1.29, 1.82) is 0 Å². The summed E-state index contributed by atoms with van der Waals surface area (Å²) in [6.07, 6.45) is 0. The zero-order valence-electron chi connectivity index (χ0n) is 10.6. The van der Waals surface area contributed by atoms with Crippen LogP contribution in [0.3, 0.4) is 0 Å². The number of aromatic carboxylic acids is 1. The zero-order chi connectivity index (χ0) is 13.3. The van der Waals surface area contributed by atoms with Gasteiger partial charge in [-0.3, -0.25) is 0 Å². The molecule has 0 bridgehead atoms. The van der Waals surface area contributed by atoms with Crippen molar-refractivity contribution in [3.05, 3.63) is 23.8 Å². The molecule has 5 nitrogen and oxygen atoms in total. The van der Waals surface area contributed by atoms with Gasteiger partial charge in [0.1, 0.15) is 0 Å². The van der Waals surface area contributed by atoms with Crippen molar-refractivity contribution in [3.63, 3.8) is 0 Å². The van der Waals surface area contributed by atoms with Crippen LogP contribution in [0.5, 0.6) is 0 Å². The van der Waals surface area contributed by atoms with Crippen LogP contribution >= 0.6 is 0 Å². The Balaban J connectivity index is 2.46. The minimum atomic E-state index is -0.959. The van der Waals surface area contributed by atoms with E-state index in [1.807, 2.05) is 13.8 Å². The molecule has 0 radical (unpaired) electrons. The smallest absolute Gasteiger partial charge is 0.337 e. The molecule has 1 aromatic carbocycles. The molecule has 0 saturated carbocycles. The largest absolute Gasteiger partial charge is 0.478 e. The minimum Gasteiger partial charge on any atom is -0.478 e. The Morgan fingerprint density at radius 2 is 2.22 bits per heavy atom. The molecule has 18 heavy (non-hydrogen) atoms. The second kappa shape index (κ2) is 4.49. The van der Waals surface area contributed by atoms with Crippen molar-refractivity contribution >= 4 is 17.3 Å². The van der Waals surface area contributed by atoms with E-state index in [2.05, 4.69) is 4.90 Å². The molecule has 5 heteroatoms. The highest BCUT2D eigenvalue weighted by molar-refractivity contribution is 5.95. The first-order valence-electron chi connectivity index (χ1n) is 5.90. The molecule has 2 rings (SSSR count). The number of ether oxygens (including phenoxy) is 1. The molecule has 98 valence electrons. The quantitative estimate of drug-likeness (QED) is 0.779. The number of nitrogens with zero attached hydrogens (tertiary/aromatic N) is 1. The van der Waals surface area contributed by atoms with E-state index in [1.54, 1.807) is 12.1 Å². The van der Waals surface area contributed by atoms with Crippen molar-refractivity contribution in [1.82, 2.24) is 0 Å². The van der Waals surface area contributed by atoms with Crippen molar-refractivity contribution in [3.8, 4) is 0 Å². The summed E-state index contributed by atoms with van der Waals surface area (Å²) in [7, 11) is 0. The number of morpholine rings is 1. The Hall–Kier alpha value is -1.75. The molecule has 0 spiro atoms. The molecule has 3 N–H and O–H groups in total. The van der Waals surface area contributed by atoms with Crippen LogP contribution in [0, 0.1) is 0 Å². The van der Waals surface area contributed by atoms with Gasteiger partial charge in [-0.2, -0.15) is 0 Å². The van der Waals surface area contributed by atoms with E-state index in [9.17, 15) is 9.90 Å². The van der Waals surface area contributed by atoms with Crippen molar-refractivity contribution in [2.75, 3.05) is 30.4 Å². The van der Waals surface area contributed by atoms with Gasteiger partial charge in [0.15, 0.2) is 0 Å². The van der Waals surface area contributed by atoms with E-state index in [-0.39, 0.29) is 11.1 Å². The number of carboxylic acid groups (broad SMARTS) is 1. The van der Waals surface area contributed by atoms with Crippen LogP contribution in [-0.2, 0) is 4.74 Å². The highest BCUT2D eigenvalue weighted by Crippen LogP contribution is 2.31. The first-order chi connectivity index (χ1) is 8.42. The summed E-state index contributed by atoms with van der Waals surface area (Å²) in [5.74, 6) is -0.959. The van der Waals surface area contributed by atoms with Gasteiger partial charge >= 0.3 is 5.97 Å². The number of hydrogen-bond donors (Lipinski definition) is 2. The van der Waals surface area contributed by atoms with Gasteiger partial charge in [0.2, 0.25) is 0 Å². The lowest BCUT2D eigenvalue weighted by Crippen LogP contribution is -2.53. The SMILES string of the molecule is CC1(C)COCCN1c1ccc(N)cc1C(=O)O. The summed E-state index contributed by atoms with van der Waals surface area (Å²) in [5.41, 5.74) is 6.83. The van der Waals surface area contributed by atoms with E-state index >= 15 is 0 Å². The topological polar surface area (TPSA) is 75.8 Å². The standard InChI is InChI=1S/C13H18N2O3/c1-13(2)8-18-6-5-15(13)11-4-3-9(14)7-10(11)12(16)17/h3-4,7H,5-6,8,14H2,1-2H3,(H,16,17). The molecule has 1 saturated heterocycles. The van der Waals surface area contributed by atoms with Gasteiger partial charge in [0, 0.05) is 12.2 Å². The van der Waals surface area contributed by atoms with Crippen LogP contribution in [0.1, 0.15) is 24.2 Å². The Bertz CT molecular complexity index is 471. The lowest BCUT2D eigenvalue weighted by Gasteiger charge is -2.44. The number of benzene rings is 1. The van der Waals surface area contributed by atoms with E-state index in [0.29, 0.717) is 31.1 Å². The number of carboxylic acids is 1. The molecule has 0 atom stereocenters. The Labute approximate surface area is 106 Å². The van der Waals surface area contributed by atoms with Crippen LogP contribution in [0.2, 0.25) is 0 Å². The average Bonchev–Trinajstić information content (AvgIpc) is 2.29. The molecule has 1 fully saturated rings. The molecule has 0 aromatic heterocycles. The van der Waals surface area contributed by atoms with Crippen molar-refractivity contribution < 1.29 is 14.6 Å². The van der Waals surface area contributed by atoms with Gasteiger partial charge in [-0.05, 0) is 32.0 Å². The molecule has 1 heterocycles. The van der Waals surface area contributed by atoms with Crippen molar-refractivity contribution in [2.24, 2.45) is 0 Å². The molecular formula is C13H18N2O3. The second-order valence-corrected chi connectivity index (χ2v) is 5.10. The maximum absolute atomic E-state index is 11.3. The highest BCUT2D eigenvalue weighted by atomic mass is 16.5. The minimum absolute atomic E-state index is 0.224. The van der Waals surface area contributed by atoms with Crippen LogP contribution < -0.4 is 10.6 Å². The van der Waals surface area contributed by atoms with E-state index in [0.717, 1.165) is 0 Å². The third-order valence-electron chi connectivity index (χ3n) is 3.19. The molecular weight excluding hydrogens is 232 g/mol. The third-order valence-corrected chi connectivity index (χ3v) is 3.19. The second-order valence-electron chi connectivity index (χ2n) is 5.10. The van der Waals surface area contributed by atoms with Crippen molar-refractivity contribution in [2.45, 2.75) is 19.4 Å². The number of hydrogen-bond acceptors (Lipinski definition) is 4. The number of rotatable bonds is 2. The van der Waals surface area contributed by atoms with E-state index in [1.165, 1.54) is 6.07 Å². The average molecular weight is 250 g/mol. The predicted molar refractivity (Wildman–Crippen MR) is 70.1 cm³/mol. The fraction of sp³-hybridized carbons (Fsp3) is 0.462. The summed E-state index contributed by atoms with van der Waals surface area (Å²) in [5, 5.41) is 9.28. The number of carbonyl (C=O) groups is 1. The monoisotopic (exact) mass is 250 g/mol. The van der Waals surface area contributed by atoms with E-state index in [4.69, 9.17) is 10.5 Å². The molecule has 0 unspecified atom stereocenters. The first kappa shape index (κ1) is 12.7. The lowest BCUT2D eigenvalue weighted by atomic mass is 9.99. The summed E-state index contributed by atoms with van der Waals surface area (Å²) in [6, 6.07) is 5.00. The summed E-state index contributed by atoms with van der Waals surface area (Å²) in [4.78, 5) is 13.4. The molecule has 1 aromatic rings. The number of nitrogens with two attached hydrogens (primary N) is 1. The molecule has 1 aliphatic rings. The van der Waals surface area contributed by atoms with Gasteiger partial charge < -0.3 is 20.5 Å². The third kappa shape index (κ3) is 2.26. The van der Waals surface area contributed by atoms with Crippen LogP contribution in [-0.4, -0.2) is 36.4 Å². The van der Waals surface area contributed by atoms with Gasteiger partial charge in [0.25, 0.3) is 0 Å². The predicted octanol–water partition coefficient (Wildman–Crippen LogP) is 1.58. The zero-order valence-corrected chi connectivity index (χ0v) is 10.6. The van der Waals surface area contributed by atoms with Gasteiger partial charge in [-0.15, -0.1) is 0 Å². The number of nitrogen functional groups attached to an aromatic ring is 1. The Morgan fingerprint density at radius 3 is 2.83 bits per heavy atom. The number of anilines is 2. The summed E-state index contributed by atoms with van der Waals surface area (Å²) >= 11 is 0. The van der Waals surface area contributed by atoms with Crippen LogP contribution in [0.15, 0.2) is 18.2 Å². The lowest BCUT2D eigenvalue weighted by molar-refractivity contribution is 0.0629. The Morgan fingerprint density at radius 1 is 1.50 bits per heavy atom.